The molecule has 0 bridgehead atoms. The Balaban J connectivity index is 1.68. The van der Waals surface area contributed by atoms with Gasteiger partial charge in [-0.15, -0.1) is 5.10 Å². The first-order valence-corrected chi connectivity index (χ1v) is 8.75. The average molecular weight is 366 g/mol. The van der Waals surface area contributed by atoms with Crippen molar-refractivity contribution in [2.75, 3.05) is 5.32 Å². The van der Waals surface area contributed by atoms with Gasteiger partial charge in [0.1, 0.15) is 10.6 Å². The Kier molecular flexibility index (Phi) is 4.17. The zero-order chi connectivity index (χ0) is 17.2. The monoisotopic (exact) mass is 365 g/mol. The van der Waals surface area contributed by atoms with Crippen molar-refractivity contribution in [3.63, 3.8) is 0 Å². The number of hydrogen-bond acceptors (Lipinski definition) is 4. The van der Waals surface area contributed by atoms with Crippen LogP contribution < -0.4 is 5.32 Å². The summed E-state index contributed by atoms with van der Waals surface area (Å²) < 4.78 is 3.94. The fourth-order valence-electron chi connectivity index (χ4n) is 2.65. The molecule has 0 aliphatic heterocycles. The van der Waals surface area contributed by atoms with Crippen molar-refractivity contribution in [2.45, 2.75) is 0 Å². The Labute approximate surface area is 153 Å². The van der Waals surface area contributed by atoms with Crippen LogP contribution in [0.4, 0.5) is 5.69 Å². The number of halogens is 1. The number of nitrogens with one attached hydrogen (secondary N) is 1. The SMILES string of the molecule is O=C(Nc1cccc2ccccc12)c1snnc1-c1ccc(Cl)cc1. The molecule has 0 spiro atoms. The molecule has 0 saturated carbocycles. The third kappa shape index (κ3) is 3.12. The van der Waals surface area contributed by atoms with Gasteiger partial charge in [0.05, 0.1) is 0 Å². The molecule has 1 heterocycles. The van der Waals surface area contributed by atoms with Crippen LogP contribution in [0.2, 0.25) is 5.02 Å². The molecule has 4 aromatic rings. The molecule has 0 atom stereocenters. The van der Waals surface area contributed by atoms with Gasteiger partial charge in [-0.3, -0.25) is 4.79 Å². The highest BCUT2D eigenvalue weighted by Crippen LogP contribution is 2.28. The topological polar surface area (TPSA) is 54.9 Å². The van der Waals surface area contributed by atoms with E-state index in [2.05, 4.69) is 14.9 Å². The minimum atomic E-state index is -0.226. The summed E-state index contributed by atoms with van der Waals surface area (Å²) >= 11 is 7.00. The Hall–Kier alpha value is -2.76. The first kappa shape index (κ1) is 15.7. The van der Waals surface area contributed by atoms with Crippen LogP contribution in [0, 0.1) is 0 Å². The van der Waals surface area contributed by atoms with E-state index >= 15 is 0 Å². The van der Waals surface area contributed by atoms with E-state index in [9.17, 15) is 4.79 Å². The van der Waals surface area contributed by atoms with Crippen LogP contribution in [0.1, 0.15) is 9.67 Å². The zero-order valence-corrected chi connectivity index (χ0v) is 14.5. The first-order valence-electron chi connectivity index (χ1n) is 7.60. The molecule has 1 aromatic heterocycles. The molecule has 1 N–H and O–H groups in total. The van der Waals surface area contributed by atoms with Crippen molar-refractivity contribution < 1.29 is 4.79 Å². The smallest absolute Gasteiger partial charge is 0.269 e. The number of rotatable bonds is 3. The maximum atomic E-state index is 12.8. The number of hydrogen-bond donors (Lipinski definition) is 1. The predicted molar refractivity (Wildman–Crippen MR) is 102 cm³/mol. The summed E-state index contributed by atoms with van der Waals surface area (Å²) in [6.45, 7) is 0. The second kappa shape index (κ2) is 6.63. The van der Waals surface area contributed by atoms with Gasteiger partial charge in [-0.05, 0) is 35.1 Å². The van der Waals surface area contributed by atoms with Crippen molar-refractivity contribution >= 4 is 45.5 Å². The van der Waals surface area contributed by atoms with Gasteiger partial charge in [0.25, 0.3) is 5.91 Å². The highest BCUT2D eigenvalue weighted by Gasteiger charge is 2.18. The van der Waals surface area contributed by atoms with Gasteiger partial charge in [-0.25, -0.2) is 0 Å². The molecule has 6 heteroatoms. The van der Waals surface area contributed by atoms with Gasteiger partial charge < -0.3 is 5.32 Å². The molecular weight excluding hydrogens is 354 g/mol. The molecule has 25 heavy (non-hydrogen) atoms. The van der Waals surface area contributed by atoms with Crippen LogP contribution in [0.5, 0.6) is 0 Å². The van der Waals surface area contributed by atoms with E-state index in [1.54, 1.807) is 12.1 Å². The second-order valence-corrected chi connectivity index (χ2v) is 6.63. The molecule has 0 aliphatic rings. The number of benzene rings is 3. The molecule has 1 amide bonds. The summed E-state index contributed by atoms with van der Waals surface area (Å²) in [4.78, 5) is 13.2. The maximum Gasteiger partial charge on any atom is 0.269 e. The fraction of sp³-hybridized carbons (Fsp3) is 0. The molecule has 0 aliphatic carbocycles. The Bertz CT molecular complexity index is 1050. The van der Waals surface area contributed by atoms with Crippen LogP contribution in [-0.2, 0) is 0 Å². The number of nitrogens with zero attached hydrogens (tertiary/aromatic N) is 2. The molecule has 3 aromatic carbocycles. The lowest BCUT2D eigenvalue weighted by Gasteiger charge is -2.08. The van der Waals surface area contributed by atoms with Crippen molar-refractivity contribution in [1.82, 2.24) is 9.59 Å². The van der Waals surface area contributed by atoms with Crippen LogP contribution in [0.3, 0.4) is 0 Å². The van der Waals surface area contributed by atoms with Gasteiger partial charge in [0.2, 0.25) is 0 Å². The van der Waals surface area contributed by atoms with Gasteiger partial charge in [0, 0.05) is 21.7 Å². The van der Waals surface area contributed by atoms with Crippen LogP contribution in [0.15, 0.2) is 66.7 Å². The Morgan fingerprint density at radius 1 is 0.960 bits per heavy atom. The van der Waals surface area contributed by atoms with Gasteiger partial charge in [0.15, 0.2) is 0 Å². The van der Waals surface area contributed by atoms with Crippen molar-refractivity contribution in [3.8, 4) is 11.3 Å². The number of carbonyl (C=O) groups excluding carboxylic acids is 1. The molecule has 0 radical (unpaired) electrons. The summed E-state index contributed by atoms with van der Waals surface area (Å²) in [7, 11) is 0. The number of anilines is 1. The number of amides is 1. The van der Waals surface area contributed by atoms with Crippen molar-refractivity contribution in [2.24, 2.45) is 0 Å². The van der Waals surface area contributed by atoms with Crippen molar-refractivity contribution in [1.29, 1.82) is 0 Å². The highest BCUT2D eigenvalue weighted by atomic mass is 35.5. The third-order valence-corrected chi connectivity index (χ3v) is 4.83. The number of aromatic nitrogens is 2. The summed E-state index contributed by atoms with van der Waals surface area (Å²) in [6, 6.07) is 20.9. The largest absolute Gasteiger partial charge is 0.321 e. The summed E-state index contributed by atoms with van der Waals surface area (Å²) in [5, 5.41) is 9.77. The molecule has 0 unspecified atom stereocenters. The van der Waals surface area contributed by atoms with Crippen LogP contribution in [-0.4, -0.2) is 15.5 Å². The van der Waals surface area contributed by atoms with E-state index in [4.69, 9.17) is 11.6 Å². The van der Waals surface area contributed by atoms with E-state index in [0.717, 1.165) is 33.6 Å². The van der Waals surface area contributed by atoms with Gasteiger partial charge in [-0.1, -0.05) is 64.6 Å². The van der Waals surface area contributed by atoms with Crippen LogP contribution in [0.25, 0.3) is 22.0 Å². The molecule has 4 nitrogen and oxygen atoms in total. The van der Waals surface area contributed by atoms with Crippen LogP contribution >= 0.6 is 23.1 Å². The number of fused-ring (bicyclic) bond motifs is 1. The molecule has 4 rings (SSSR count). The van der Waals surface area contributed by atoms with E-state index in [-0.39, 0.29) is 5.91 Å². The predicted octanol–water partition coefficient (Wildman–Crippen LogP) is 5.26. The lowest BCUT2D eigenvalue weighted by Crippen LogP contribution is -2.11. The third-order valence-electron chi connectivity index (χ3n) is 3.85. The molecule has 0 fully saturated rings. The summed E-state index contributed by atoms with van der Waals surface area (Å²) in [6.07, 6.45) is 0. The normalized spacial score (nSPS) is 10.8. The fourth-order valence-corrected chi connectivity index (χ4v) is 3.36. The number of carbonyl (C=O) groups is 1. The summed E-state index contributed by atoms with van der Waals surface area (Å²) in [5.41, 5.74) is 2.12. The Morgan fingerprint density at radius 2 is 1.72 bits per heavy atom. The Morgan fingerprint density at radius 3 is 2.56 bits per heavy atom. The highest BCUT2D eigenvalue weighted by molar-refractivity contribution is 7.08. The maximum absolute atomic E-state index is 12.8. The first-order chi connectivity index (χ1) is 12.2. The average Bonchev–Trinajstić information content (AvgIpc) is 3.12. The molecule has 122 valence electrons. The minimum Gasteiger partial charge on any atom is -0.321 e. The van der Waals surface area contributed by atoms with E-state index in [1.165, 1.54) is 0 Å². The van der Waals surface area contributed by atoms with E-state index in [1.807, 2.05) is 54.6 Å². The summed E-state index contributed by atoms with van der Waals surface area (Å²) in [5.74, 6) is -0.226. The second-order valence-electron chi connectivity index (χ2n) is 5.44. The van der Waals surface area contributed by atoms with E-state index in [0.29, 0.717) is 15.6 Å². The van der Waals surface area contributed by atoms with Gasteiger partial charge >= 0.3 is 0 Å². The van der Waals surface area contributed by atoms with E-state index < -0.39 is 0 Å². The molecular formula is C19H12ClN3OS. The van der Waals surface area contributed by atoms with Gasteiger partial charge in [-0.2, -0.15) is 0 Å². The lowest BCUT2D eigenvalue weighted by atomic mass is 10.1. The minimum absolute atomic E-state index is 0.226. The van der Waals surface area contributed by atoms with Crippen molar-refractivity contribution in [3.05, 3.63) is 76.6 Å². The quantitative estimate of drug-likeness (QED) is 0.538. The lowest BCUT2D eigenvalue weighted by molar-refractivity contribution is 0.103. The molecule has 0 saturated heterocycles. The standard InChI is InChI=1S/C19H12ClN3OS/c20-14-10-8-13(9-11-14)17-18(25-23-22-17)19(24)21-16-7-3-5-12-4-1-2-6-15(12)16/h1-11H,(H,21,24). The zero-order valence-electron chi connectivity index (χ0n) is 12.9.